The van der Waals surface area contributed by atoms with Crippen LogP contribution in [0, 0.1) is 5.82 Å². The highest BCUT2D eigenvalue weighted by Crippen LogP contribution is 2.18. The second kappa shape index (κ2) is 7.79. The van der Waals surface area contributed by atoms with Gasteiger partial charge in [0, 0.05) is 31.0 Å². The molecule has 0 spiro atoms. The Morgan fingerprint density at radius 1 is 1.12 bits per heavy atom. The summed E-state index contributed by atoms with van der Waals surface area (Å²) in [7, 11) is 3.31. The maximum atomic E-state index is 13.3. The summed E-state index contributed by atoms with van der Waals surface area (Å²) in [6.45, 7) is -0.0487. The van der Waals surface area contributed by atoms with E-state index in [0.717, 1.165) is 0 Å². The number of hydrogen-bond acceptors (Lipinski definition) is 3. The topological polar surface area (TPSA) is 61.4 Å². The maximum Gasteiger partial charge on any atom is 0.253 e. The molecule has 2 aromatic carbocycles. The molecular formula is C17H17ClFN3O2. The zero-order valence-corrected chi connectivity index (χ0v) is 14.0. The average Bonchev–Trinajstić information content (AvgIpc) is 2.55. The standard InChI is InChI=1S/C17H17ClFN3O2/c1-22(2)17(24)11-4-3-5-13(8-11)21-16(23)10-20-12-6-7-14(18)15(19)9-12/h3-9,20H,10H2,1-2H3,(H,21,23). The van der Waals surface area contributed by atoms with Gasteiger partial charge in [-0.2, -0.15) is 0 Å². The minimum absolute atomic E-state index is 0.0207. The molecule has 2 amide bonds. The molecule has 7 heteroatoms. The average molecular weight is 350 g/mol. The fourth-order valence-corrected chi connectivity index (χ4v) is 2.10. The van der Waals surface area contributed by atoms with E-state index in [1.54, 1.807) is 44.4 Å². The van der Waals surface area contributed by atoms with E-state index in [1.807, 2.05) is 0 Å². The number of halogens is 2. The number of anilines is 2. The number of hydrogen-bond donors (Lipinski definition) is 2. The van der Waals surface area contributed by atoms with E-state index < -0.39 is 5.82 Å². The normalized spacial score (nSPS) is 10.2. The van der Waals surface area contributed by atoms with Gasteiger partial charge in [-0.15, -0.1) is 0 Å². The number of rotatable bonds is 5. The number of benzene rings is 2. The van der Waals surface area contributed by atoms with Gasteiger partial charge in [0.2, 0.25) is 5.91 Å². The van der Waals surface area contributed by atoms with Crippen LogP contribution < -0.4 is 10.6 Å². The van der Waals surface area contributed by atoms with Crippen molar-refractivity contribution < 1.29 is 14.0 Å². The largest absolute Gasteiger partial charge is 0.376 e. The van der Waals surface area contributed by atoms with Crippen LogP contribution in [0.25, 0.3) is 0 Å². The SMILES string of the molecule is CN(C)C(=O)c1cccc(NC(=O)CNc2ccc(Cl)c(F)c2)c1. The molecule has 0 unspecified atom stereocenters. The molecule has 0 aromatic heterocycles. The van der Waals surface area contributed by atoms with Crippen LogP contribution >= 0.6 is 11.6 Å². The number of nitrogens with zero attached hydrogens (tertiary/aromatic N) is 1. The van der Waals surface area contributed by atoms with Crippen molar-refractivity contribution in [2.45, 2.75) is 0 Å². The van der Waals surface area contributed by atoms with Gasteiger partial charge in [-0.25, -0.2) is 4.39 Å². The summed E-state index contributed by atoms with van der Waals surface area (Å²) in [4.78, 5) is 25.3. The Balaban J connectivity index is 1.96. The zero-order chi connectivity index (χ0) is 17.7. The molecule has 0 aliphatic heterocycles. The summed E-state index contributed by atoms with van der Waals surface area (Å²) >= 11 is 5.60. The fourth-order valence-electron chi connectivity index (χ4n) is 1.98. The Morgan fingerprint density at radius 3 is 2.54 bits per heavy atom. The summed E-state index contributed by atoms with van der Waals surface area (Å²) in [5, 5.41) is 5.50. The number of carbonyl (C=O) groups excluding carboxylic acids is 2. The number of nitrogens with one attached hydrogen (secondary N) is 2. The molecule has 0 heterocycles. The van der Waals surface area contributed by atoms with Gasteiger partial charge in [0.25, 0.3) is 5.91 Å². The van der Waals surface area contributed by atoms with E-state index >= 15 is 0 Å². The lowest BCUT2D eigenvalue weighted by Crippen LogP contribution is -2.23. The lowest BCUT2D eigenvalue weighted by atomic mass is 10.2. The molecule has 2 rings (SSSR count). The molecule has 5 nitrogen and oxygen atoms in total. The molecule has 126 valence electrons. The van der Waals surface area contributed by atoms with Crippen molar-refractivity contribution in [3.05, 3.63) is 58.9 Å². The minimum Gasteiger partial charge on any atom is -0.376 e. The van der Waals surface area contributed by atoms with Crippen molar-refractivity contribution in [2.24, 2.45) is 0 Å². The van der Waals surface area contributed by atoms with Gasteiger partial charge in [-0.05, 0) is 36.4 Å². The second-order valence-corrected chi connectivity index (χ2v) is 5.72. The quantitative estimate of drug-likeness (QED) is 0.871. The van der Waals surface area contributed by atoms with Crippen LogP contribution in [0.3, 0.4) is 0 Å². The van der Waals surface area contributed by atoms with Gasteiger partial charge in [-0.1, -0.05) is 17.7 Å². The summed E-state index contributed by atoms with van der Waals surface area (Å²) in [5.41, 5.74) is 1.44. The van der Waals surface area contributed by atoms with Crippen molar-refractivity contribution in [1.82, 2.24) is 4.90 Å². The molecule has 0 bridgehead atoms. The van der Waals surface area contributed by atoms with E-state index in [0.29, 0.717) is 16.9 Å². The Kier molecular flexibility index (Phi) is 5.76. The van der Waals surface area contributed by atoms with Crippen molar-refractivity contribution in [3.8, 4) is 0 Å². The molecule has 0 atom stereocenters. The monoisotopic (exact) mass is 349 g/mol. The molecule has 0 saturated carbocycles. The van der Waals surface area contributed by atoms with Crippen LogP contribution in [0.2, 0.25) is 5.02 Å². The molecule has 0 saturated heterocycles. The first-order chi connectivity index (χ1) is 11.4. The van der Waals surface area contributed by atoms with Crippen molar-refractivity contribution in [3.63, 3.8) is 0 Å². The van der Waals surface area contributed by atoms with Gasteiger partial charge in [0.05, 0.1) is 11.6 Å². The van der Waals surface area contributed by atoms with Crippen LogP contribution in [-0.2, 0) is 4.79 Å². The highest BCUT2D eigenvalue weighted by Gasteiger charge is 2.09. The van der Waals surface area contributed by atoms with Crippen LogP contribution in [0.1, 0.15) is 10.4 Å². The third-order valence-corrected chi connectivity index (χ3v) is 3.48. The maximum absolute atomic E-state index is 13.3. The highest BCUT2D eigenvalue weighted by molar-refractivity contribution is 6.30. The van der Waals surface area contributed by atoms with E-state index in [-0.39, 0.29) is 23.4 Å². The lowest BCUT2D eigenvalue weighted by Gasteiger charge is -2.12. The first-order valence-electron chi connectivity index (χ1n) is 7.17. The first kappa shape index (κ1) is 17.7. The Hall–Kier alpha value is -2.60. The molecular weight excluding hydrogens is 333 g/mol. The van der Waals surface area contributed by atoms with Gasteiger partial charge in [0.15, 0.2) is 0 Å². The van der Waals surface area contributed by atoms with Gasteiger partial charge >= 0.3 is 0 Å². The predicted molar refractivity (Wildman–Crippen MR) is 93.0 cm³/mol. The first-order valence-corrected chi connectivity index (χ1v) is 7.55. The number of amides is 2. The van der Waals surface area contributed by atoms with Crippen LogP contribution in [0.5, 0.6) is 0 Å². The molecule has 0 radical (unpaired) electrons. The lowest BCUT2D eigenvalue weighted by molar-refractivity contribution is -0.114. The third-order valence-electron chi connectivity index (χ3n) is 3.17. The minimum atomic E-state index is -0.558. The molecule has 0 aliphatic rings. The van der Waals surface area contributed by atoms with Crippen LogP contribution in [0.4, 0.5) is 15.8 Å². The van der Waals surface area contributed by atoms with E-state index in [2.05, 4.69) is 10.6 Å². The Morgan fingerprint density at radius 2 is 1.88 bits per heavy atom. The van der Waals surface area contributed by atoms with Crippen LogP contribution in [0.15, 0.2) is 42.5 Å². The highest BCUT2D eigenvalue weighted by atomic mass is 35.5. The van der Waals surface area contributed by atoms with Crippen molar-refractivity contribution in [1.29, 1.82) is 0 Å². The predicted octanol–water partition coefficient (Wildman–Crippen LogP) is 3.23. The summed E-state index contributed by atoms with van der Waals surface area (Å²) in [6.07, 6.45) is 0. The summed E-state index contributed by atoms with van der Waals surface area (Å²) < 4.78 is 13.3. The van der Waals surface area contributed by atoms with Crippen LogP contribution in [-0.4, -0.2) is 37.4 Å². The van der Waals surface area contributed by atoms with Gasteiger partial charge in [0.1, 0.15) is 5.82 Å². The van der Waals surface area contributed by atoms with E-state index in [4.69, 9.17) is 11.6 Å². The summed E-state index contributed by atoms with van der Waals surface area (Å²) in [6, 6.07) is 10.9. The number of carbonyl (C=O) groups is 2. The molecule has 24 heavy (non-hydrogen) atoms. The third kappa shape index (κ3) is 4.70. The molecule has 0 aliphatic carbocycles. The van der Waals surface area contributed by atoms with Gasteiger partial charge < -0.3 is 15.5 Å². The Labute approximate surface area is 144 Å². The molecule has 0 fully saturated rings. The van der Waals surface area contributed by atoms with Crippen molar-refractivity contribution >= 4 is 34.8 Å². The molecule has 2 N–H and O–H groups in total. The fraction of sp³-hybridized carbons (Fsp3) is 0.176. The van der Waals surface area contributed by atoms with E-state index in [9.17, 15) is 14.0 Å². The summed E-state index contributed by atoms with van der Waals surface area (Å²) in [5.74, 6) is -1.03. The van der Waals surface area contributed by atoms with Crippen molar-refractivity contribution in [2.75, 3.05) is 31.3 Å². The smallest absolute Gasteiger partial charge is 0.253 e. The Bertz CT molecular complexity index is 765. The van der Waals surface area contributed by atoms with Gasteiger partial charge in [-0.3, -0.25) is 9.59 Å². The second-order valence-electron chi connectivity index (χ2n) is 5.31. The van der Waals surface area contributed by atoms with E-state index in [1.165, 1.54) is 17.0 Å². The zero-order valence-electron chi connectivity index (χ0n) is 13.3. The molecule has 2 aromatic rings.